The average molecular weight is 306 g/mol. The number of nitrogens with zero attached hydrogens (tertiary/aromatic N) is 1. The predicted molar refractivity (Wildman–Crippen MR) is 71.3 cm³/mol. The van der Waals surface area contributed by atoms with Crippen LogP contribution in [0.15, 0.2) is 18.2 Å². The second kappa shape index (κ2) is 6.75. The number of rotatable bonds is 5. The molecule has 1 aromatic carbocycles. The standard InChI is InChI=1S/C12H13Cl2NO4/c1-15(3-2-10(16)17)12(19)11(18)7-4-8(13)6-9(14)5-7/h4-6,11,18H,2-3H2,1H3,(H,16,17). The van der Waals surface area contributed by atoms with Gasteiger partial charge >= 0.3 is 5.97 Å². The monoisotopic (exact) mass is 305 g/mol. The molecule has 0 radical (unpaired) electrons. The molecule has 1 atom stereocenters. The third kappa shape index (κ3) is 4.70. The number of hydrogen-bond donors (Lipinski definition) is 2. The van der Waals surface area contributed by atoms with Crippen molar-refractivity contribution in [2.45, 2.75) is 12.5 Å². The lowest BCUT2D eigenvalue weighted by Gasteiger charge is -2.20. The van der Waals surface area contributed by atoms with E-state index < -0.39 is 18.0 Å². The van der Waals surface area contributed by atoms with Gasteiger partial charge in [0.1, 0.15) is 0 Å². The Bertz CT molecular complexity index is 472. The van der Waals surface area contributed by atoms with Crippen molar-refractivity contribution in [2.24, 2.45) is 0 Å². The fourth-order valence-electron chi connectivity index (χ4n) is 1.46. The van der Waals surface area contributed by atoms with Crippen molar-refractivity contribution >= 4 is 35.1 Å². The summed E-state index contributed by atoms with van der Waals surface area (Å²) in [6.45, 7) is 0.0134. The summed E-state index contributed by atoms with van der Waals surface area (Å²) in [4.78, 5) is 23.4. The molecule has 7 heteroatoms. The summed E-state index contributed by atoms with van der Waals surface area (Å²) in [6, 6.07) is 4.35. The maximum atomic E-state index is 11.9. The molecule has 0 saturated carbocycles. The smallest absolute Gasteiger partial charge is 0.305 e. The van der Waals surface area contributed by atoms with Crippen molar-refractivity contribution in [3.05, 3.63) is 33.8 Å². The van der Waals surface area contributed by atoms with Gasteiger partial charge in [-0.3, -0.25) is 9.59 Å². The van der Waals surface area contributed by atoms with E-state index in [-0.39, 0.29) is 18.5 Å². The molecule has 0 aliphatic heterocycles. The van der Waals surface area contributed by atoms with E-state index in [1.165, 1.54) is 25.2 Å². The number of hydrogen-bond acceptors (Lipinski definition) is 3. The fourth-order valence-corrected chi connectivity index (χ4v) is 2.00. The maximum absolute atomic E-state index is 11.9. The topological polar surface area (TPSA) is 77.8 Å². The fraction of sp³-hybridized carbons (Fsp3) is 0.333. The van der Waals surface area contributed by atoms with Crippen molar-refractivity contribution in [1.29, 1.82) is 0 Å². The zero-order valence-corrected chi connectivity index (χ0v) is 11.6. The molecule has 0 aliphatic rings. The molecule has 1 aromatic rings. The van der Waals surface area contributed by atoms with E-state index in [1.807, 2.05) is 0 Å². The number of amides is 1. The van der Waals surface area contributed by atoms with Gasteiger partial charge in [0.15, 0.2) is 6.10 Å². The van der Waals surface area contributed by atoms with Gasteiger partial charge in [0.05, 0.1) is 6.42 Å². The number of aliphatic hydroxyl groups excluding tert-OH is 1. The Morgan fingerprint density at radius 3 is 2.26 bits per heavy atom. The largest absolute Gasteiger partial charge is 0.481 e. The zero-order valence-electron chi connectivity index (χ0n) is 10.1. The molecule has 2 N–H and O–H groups in total. The summed E-state index contributed by atoms with van der Waals surface area (Å²) in [5.41, 5.74) is 0.268. The van der Waals surface area contributed by atoms with Crippen LogP contribution in [0.3, 0.4) is 0 Å². The van der Waals surface area contributed by atoms with Gasteiger partial charge in [-0.05, 0) is 23.8 Å². The molecule has 1 unspecified atom stereocenters. The normalized spacial score (nSPS) is 12.0. The molecular formula is C12H13Cl2NO4. The van der Waals surface area contributed by atoms with Gasteiger partial charge in [0, 0.05) is 23.6 Å². The van der Waals surface area contributed by atoms with E-state index in [4.69, 9.17) is 28.3 Å². The van der Waals surface area contributed by atoms with Crippen molar-refractivity contribution in [1.82, 2.24) is 4.90 Å². The van der Waals surface area contributed by atoms with Gasteiger partial charge in [0.25, 0.3) is 5.91 Å². The highest BCUT2D eigenvalue weighted by Crippen LogP contribution is 2.24. The van der Waals surface area contributed by atoms with Gasteiger partial charge in [0.2, 0.25) is 0 Å². The van der Waals surface area contributed by atoms with Crippen LogP contribution in [0, 0.1) is 0 Å². The second-order valence-electron chi connectivity index (χ2n) is 4.01. The first-order chi connectivity index (χ1) is 8.81. The number of aliphatic hydroxyl groups is 1. The number of likely N-dealkylation sites (N-methyl/N-ethyl adjacent to an activating group) is 1. The minimum absolute atomic E-state index is 0.0134. The number of carbonyl (C=O) groups excluding carboxylic acids is 1. The molecular weight excluding hydrogens is 293 g/mol. The van der Waals surface area contributed by atoms with E-state index in [1.54, 1.807) is 0 Å². The number of halogens is 2. The first kappa shape index (κ1) is 15.8. The van der Waals surface area contributed by atoms with Crippen LogP contribution in [-0.4, -0.2) is 40.6 Å². The first-order valence-corrected chi connectivity index (χ1v) is 6.17. The summed E-state index contributed by atoms with van der Waals surface area (Å²) in [7, 11) is 1.42. The minimum Gasteiger partial charge on any atom is -0.481 e. The Morgan fingerprint density at radius 1 is 1.26 bits per heavy atom. The van der Waals surface area contributed by atoms with Crippen molar-refractivity contribution in [2.75, 3.05) is 13.6 Å². The molecule has 104 valence electrons. The van der Waals surface area contributed by atoms with Gasteiger partial charge in [-0.2, -0.15) is 0 Å². The Balaban J connectivity index is 2.78. The number of carbonyl (C=O) groups is 2. The highest BCUT2D eigenvalue weighted by molar-refractivity contribution is 6.34. The number of aliphatic carboxylic acids is 1. The highest BCUT2D eigenvalue weighted by atomic mass is 35.5. The third-order valence-corrected chi connectivity index (χ3v) is 2.91. The van der Waals surface area contributed by atoms with Crippen molar-refractivity contribution in [3.8, 4) is 0 Å². The first-order valence-electron chi connectivity index (χ1n) is 5.42. The summed E-state index contributed by atoms with van der Waals surface area (Å²) in [5, 5.41) is 19.1. The second-order valence-corrected chi connectivity index (χ2v) is 4.88. The molecule has 0 heterocycles. The quantitative estimate of drug-likeness (QED) is 0.871. The van der Waals surface area contributed by atoms with E-state index in [0.29, 0.717) is 10.0 Å². The molecule has 0 saturated heterocycles. The summed E-state index contributed by atoms with van der Waals surface area (Å²) in [5.74, 6) is -1.63. The van der Waals surface area contributed by atoms with Crippen molar-refractivity contribution in [3.63, 3.8) is 0 Å². The van der Waals surface area contributed by atoms with Crippen LogP contribution >= 0.6 is 23.2 Å². The minimum atomic E-state index is -1.42. The molecule has 0 aromatic heterocycles. The molecule has 1 amide bonds. The lowest BCUT2D eigenvalue weighted by Crippen LogP contribution is -2.33. The lowest BCUT2D eigenvalue weighted by molar-refractivity contribution is -0.141. The van der Waals surface area contributed by atoms with Crippen LogP contribution in [-0.2, 0) is 9.59 Å². The molecule has 0 aliphatic carbocycles. The number of carboxylic acid groups (broad SMARTS) is 1. The molecule has 19 heavy (non-hydrogen) atoms. The van der Waals surface area contributed by atoms with Crippen LogP contribution in [0.25, 0.3) is 0 Å². The van der Waals surface area contributed by atoms with Gasteiger partial charge in [-0.25, -0.2) is 0 Å². The Morgan fingerprint density at radius 2 is 1.79 bits per heavy atom. The van der Waals surface area contributed by atoms with E-state index in [2.05, 4.69) is 0 Å². The highest BCUT2D eigenvalue weighted by Gasteiger charge is 2.22. The average Bonchev–Trinajstić information content (AvgIpc) is 2.32. The van der Waals surface area contributed by atoms with Gasteiger partial charge in [-0.1, -0.05) is 23.2 Å². The SMILES string of the molecule is CN(CCC(=O)O)C(=O)C(O)c1cc(Cl)cc(Cl)c1. The molecule has 0 fully saturated rings. The zero-order chi connectivity index (χ0) is 14.6. The maximum Gasteiger partial charge on any atom is 0.305 e. The predicted octanol–water partition coefficient (Wildman–Crippen LogP) is 1.96. The van der Waals surface area contributed by atoms with Gasteiger partial charge in [-0.15, -0.1) is 0 Å². The Hall–Kier alpha value is -1.30. The third-order valence-electron chi connectivity index (χ3n) is 2.47. The van der Waals surface area contributed by atoms with Crippen LogP contribution in [0.4, 0.5) is 0 Å². The summed E-state index contributed by atoms with van der Waals surface area (Å²) >= 11 is 11.6. The molecule has 0 spiro atoms. The van der Waals surface area contributed by atoms with Crippen molar-refractivity contribution < 1.29 is 19.8 Å². The summed E-state index contributed by atoms with van der Waals surface area (Å²) < 4.78 is 0. The number of benzene rings is 1. The van der Waals surface area contributed by atoms with Crippen LogP contribution in [0.1, 0.15) is 18.1 Å². The lowest BCUT2D eigenvalue weighted by atomic mass is 10.1. The van der Waals surface area contributed by atoms with Crippen LogP contribution in [0.5, 0.6) is 0 Å². The van der Waals surface area contributed by atoms with Crippen LogP contribution in [0.2, 0.25) is 10.0 Å². The van der Waals surface area contributed by atoms with E-state index in [9.17, 15) is 14.7 Å². The van der Waals surface area contributed by atoms with Crippen LogP contribution < -0.4 is 0 Å². The Labute approximate surface area is 120 Å². The van der Waals surface area contributed by atoms with Gasteiger partial charge < -0.3 is 15.1 Å². The van der Waals surface area contributed by atoms with E-state index >= 15 is 0 Å². The number of carboxylic acids is 1. The molecule has 0 bridgehead atoms. The summed E-state index contributed by atoms with van der Waals surface area (Å²) in [6.07, 6.45) is -1.61. The van der Waals surface area contributed by atoms with E-state index in [0.717, 1.165) is 4.90 Å². The Kier molecular flexibility index (Phi) is 5.60. The molecule has 1 rings (SSSR count). The molecule has 5 nitrogen and oxygen atoms in total.